The Morgan fingerprint density at radius 3 is 2.92 bits per heavy atom. The zero-order valence-corrected chi connectivity index (χ0v) is 7.80. The van der Waals surface area contributed by atoms with E-state index in [-0.39, 0.29) is 5.92 Å². The van der Waals surface area contributed by atoms with E-state index in [1.807, 2.05) is 24.4 Å². The molecular formula is C9H12O2S. The van der Waals surface area contributed by atoms with Crippen LogP contribution in [0.25, 0.3) is 0 Å². The van der Waals surface area contributed by atoms with Crippen LogP contribution in [0, 0.1) is 0 Å². The maximum Gasteiger partial charge on any atom is 0.311 e. The quantitative estimate of drug-likeness (QED) is 0.781. The van der Waals surface area contributed by atoms with Crippen molar-refractivity contribution in [3.63, 3.8) is 0 Å². The molecule has 66 valence electrons. The zero-order chi connectivity index (χ0) is 8.97. The van der Waals surface area contributed by atoms with Crippen LogP contribution in [-0.4, -0.2) is 11.1 Å². The highest BCUT2D eigenvalue weighted by molar-refractivity contribution is 7.10. The van der Waals surface area contributed by atoms with Gasteiger partial charge in [0.15, 0.2) is 0 Å². The van der Waals surface area contributed by atoms with Crippen molar-refractivity contribution in [3.8, 4) is 0 Å². The number of thiophene rings is 1. The maximum atomic E-state index is 10.8. The Kier molecular flexibility index (Phi) is 3.29. The van der Waals surface area contributed by atoms with Crippen molar-refractivity contribution in [1.82, 2.24) is 0 Å². The molecular weight excluding hydrogens is 172 g/mol. The van der Waals surface area contributed by atoms with E-state index in [1.54, 1.807) is 0 Å². The van der Waals surface area contributed by atoms with Gasteiger partial charge in [-0.15, -0.1) is 11.3 Å². The first kappa shape index (κ1) is 9.26. The van der Waals surface area contributed by atoms with Crippen molar-refractivity contribution in [3.05, 3.63) is 22.4 Å². The molecule has 0 saturated carbocycles. The Hall–Kier alpha value is -0.830. The Balaban J connectivity index is 2.73. The van der Waals surface area contributed by atoms with Gasteiger partial charge in [-0.05, 0) is 17.9 Å². The predicted molar refractivity (Wildman–Crippen MR) is 49.6 cm³/mol. The van der Waals surface area contributed by atoms with Gasteiger partial charge in [-0.25, -0.2) is 0 Å². The Morgan fingerprint density at radius 1 is 1.75 bits per heavy atom. The van der Waals surface area contributed by atoms with E-state index in [0.29, 0.717) is 0 Å². The smallest absolute Gasteiger partial charge is 0.311 e. The van der Waals surface area contributed by atoms with Gasteiger partial charge in [0.2, 0.25) is 0 Å². The highest BCUT2D eigenvalue weighted by Crippen LogP contribution is 2.25. The molecule has 1 atom stereocenters. The van der Waals surface area contributed by atoms with E-state index < -0.39 is 5.97 Å². The first-order chi connectivity index (χ1) is 5.75. The van der Waals surface area contributed by atoms with Crippen molar-refractivity contribution in [2.24, 2.45) is 0 Å². The number of rotatable bonds is 4. The molecule has 2 nitrogen and oxygen atoms in total. The molecule has 12 heavy (non-hydrogen) atoms. The van der Waals surface area contributed by atoms with Gasteiger partial charge in [0, 0.05) is 4.88 Å². The lowest BCUT2D eigenvalue weighted by Gasteiger charge is -2.07. The Morgan fingerprint density at radius 2 is 2.50 bits per heavy atom. The molecule has 0 radical (unpaired) electrons. The molecule has 1 unspecified atom stereocenters. The molecule has 1 aromatic rings. The lowest BCUT2D eigenvalue weighted by atomic mass is 10.0. The van der Waals surface area contributed by atoms with E-state index >= 15 is 0 Å². The fourth-order valence-electron chi connectivity index (χ4n) is 1.17. The third kappa shape index (κ3) is 2.08. The van der Waals surface area contributed by atoms with Crippen LogP contribution in [0.2, 0.25) is 0 Å². The normalized spacial score (nSPS) is 12.8. The molecule has 1 N–H and O–H groups in total. The van der Waals surface area contributed by atoms with Crippen LogP contribution in [0.3, 0.4) is 0 Å². The second-order valence-corrected chi connectivity index (χ2v) is 3.67. The van der Waals surface area contributed by atoms with Gasteiger partial charge in [-0.3, -0.25) is 4.79 Å². The van der Waals surface area contributed by atoms with Gasteiger partial charge in [0.1, 0.15) is 0 Å². The minimum atomic E-state index is -0.709. The summed E-state index contributed by atoms with van der Waals surface area (Å²) in [6.45, 7) is 2.00. The molecule has 0 amide bonds. The van der Waals surface area contributed by atoms with Gasteiger partial charge in [0.25, 0.3) is 0 Å². The number of carbonyl (C=O) groups is 1. The molecule has 1 aromatic heterocycles. The molecule has 0 aromatic carbocycles. The van der Waals surface area contributed by atoms with Gasteiger partial charge in [-0.1, -0.05) is 19.4 Å². The molecule has 0 bridgehead atoms. The SMILES string of the molecule is CCCC(C(=O)O)c1cccs1. The van der Waals surface area contributed by atoms with Crippen molar-refractivity contribution in [2.75, 3.05) is 0 Å². The lowest BCUT2D eigenvalue weighted by molar-refractivity contribution is -0.138. The summed E-state index contributed by atoms with van der Waals surface area (Å²) in [6.07, 6.45) is 1.64. The molecule has 0 spiro atoms. The van der Waals surface area contributed by atoms with Crippen LogP contribution in [0.4, 0.5) is 0 Å². The van der Waals surface area contributed by atoms with Crippen LogP contribution in [0.5, 0.6) is 0 Å². The standard InChI is InChI=1S/C9H12O2S/c1-2-4-7(9(10)11)8-5-3-6-12-8/h3,5-7H,2,4H2,1H3,(H,10,11). The van der Waals surface area contributed by atoms with Crippen molar-refractivity contribution in [2.45, 2.75) is 25.7 Å². The minimum Gasteiger partial charge on any atom is -0.481 e. The van der Waals surface area contributed by atoms with E-state index in [0.717, 1.165) is 17.7 Å². The number of hydrogen-bond acceptors (Lipinski definition) is 2. The summed E-state index contributed by atoms with van der Waals surface area (Å²) in [5.74, 6) is -1.01. The molecule has 0 aliphatic heterocycles. The van der Waals surface area contributed by atoms with Crippen molar-refractivity contribution in [1.29, 1.82) is 0 Å². The third-order valence-corrected chi connectivity index (χ3v) is 2.75. The molecule has 1 rings (SSSR count). The highest BCUT2D eigenvalue weighted by atomic mass is 32.1. The third-order valence-electron chi connectivity index (χ3n) is 1.76. The molecule has 0 saturated heterocycles. The second-order valence-electron chi connectivity index (χ2n) is 2.69. The van der Waals surface area contributed by atoms with Crippen LogP contribution in [-0.2, 0) is 4.79 Å². The summed E-state index contributed by atoms with van der Waals surface area (Å²) in [7, 11) is 0. The zero-order valence-electron chi connectivity index (χ0n) is 6.99. The Bertz CT molecular complexity index is 241. The summed E-state index contributed by atoms with van der Waals surface area (Å²) >= 11 is 1.52. The molecule has 3 heteroatoms. The van der Waals surface area contributed by atoms with Gasteiger partial charge >= 0.3 is 5.97 Å². The van der Waals surface area contributed by atoms with Crippen LogP contribution < -0.4 is 0 Å². The lowest BCUT2D eigenvalue weighted by Crippen LogP contribution is -2.09. The summed E-state index contributed by atoms with van der Waals surface area (Å²) in [6, 6.07) is 3.78. The van der Waals surface area contributed by atoms with Gasteiger partial charge < -0.3 is 5.11 Å². The van der Waals surface area contributed by atoms with E-state index in [4.69, 9.17) is 5.11 Å². The van der Waals surface area contributed by atoms with Gasteiger partial charge in [-0.2, -0.15) is 0 Å². The average molecular weight is 184 g/mol. The monoisotopic (exact) mass is 184 g/mol. The minimum absolute atomic E-state index is 0.296. The fourth-order valence-corrected chi connectivity index (χ4v) is 2.02. The molecule has 0 aliphatic carbocycles. The Labute approximate surface area is 75.9 Å². The van der Waals surface area contributed by atoms with E-state index in [9.17, 15) is 4.79 Å². The molecule has 0 fully saturated rings. The largest absolute Gasteiger partial charge is 0.481 e. The van der Waals surface area contributed by atoms with Crippen LogP contribution in [0.1, 0.15) is 30.6 Å². The highest BCUT2D eigenvalue weighted by Gasteiger charge is 2.18. The van der Waals surface area contributed by atoms with Gasteiger partial charge in [0.05, 0.1) is 5.92 Å². The van der Waals surface area contributed by atoms with E-state index in [1.165, 1.54) is 11.3 Å². The number of carboxylic acid groups (broad SMARTS) is 1. The van der Waals surface area contributed by atoms with E-state index in [2.05, 4.69) is 0 Å². The number of aliphatic carboxylic acids is 1. The summed E-state index contributed by atoms with van der Waals surface area (Å²) in [4.78, 5) is 11.8. The first-order valence-corrected chi connectivity index (χ1v) is 4.90. The topological polar surface area (TPSA) is 37.3 Å². The van der Waals surface area contributed by atoms with Crippen molar-refractivity contribution < 1.29 is 9.90 Å². The van der Waals surface area contributed by atoms with Crippen molar-refractivity contribution >= 4 is 17.3 Å². The van der Waals surface area contributed by atoms with Crippen LogP contribution >= 0.6 is 11.3 Å². The summed E-state index contributed by atoms with van der Waals surface area (Å²) < 4.78 is 0. The number of hydrogen-bond donors (Lipinski definition) is 1. The molecule has 0 aliphatic rings. The second kappa shape index (κ2) is 4.26. The van der Waals surface area contributed by atoms with Crippen LogP contribution in [0.15, 0.2) is 17.5 Å². The summed E-state index contributed by atoms with van der Waals surface area (Å²) in [5, 5.41) is 10.8. The first-order valence-electron chi connectivity index (χ1n) is 4.02. The fraction of sp³-hybridized carbons (Fsp3) is 0.444. The predicted octanol–water partition coefficient (Wildman–Crippen LogP) is 2.72. The molecule has 1 heterocycles. The number of carboxylic acids is 1. The summed E-state index contributed by atoms with van der Waals surface area (Å²) in [5.41, 5.74) is 0. The maximum absolute atomic E-state index is 10.8. The average Bonchev–Trinajstić information content (AvgIpc) is 2.51.